The molecule has 2 aromatic rings. The predicted molar refractivity (Wildman–Crippen MR) is 66.3 cm³/mol. The van der Waals surface area contributed by atoms with Crippen molar-refractivity contribution in [2.45, 2.75) is 20.3 Å². The molecule has 1 aromatic heterocycles. The highest BCUT2D eigenvalue weighted by atomic mass is 14.9. The first-order valence-electron chi connectivity index (χ1n) is 5.54. The molecule has 16 heavy (non-hydrogen) atoms. The van der Waals surface area contributed by atoms with Crippen LogP contribution in [0.5, 0.6) is 0 Å². The van der Waals surface area contributed by atoms with Gasteiger partial charge in [-0.15, -0.1) is 0 Å². The maximum absolute atomic E-state index is 5.55. The van der Waals surface area contributed by atoms with Crippen molar-refractivity contribution >= 4 is 0 Å². The minimum absolute atomic E-state index is 0.638. The Hall–Kier alpha value is -1.61. The van der Waals surface area contributed by atoms with Crippen molar-refractivity contribution in [2.75, 3.05) is 6.54 Å². The molecule has 1 aromatic carbocycles. The Morgan fingerprint density at radius 3 is 2.69 bits per heavy atom. The van der Waals surface area contributed by atoms with E-state index in [1.54, 1.807) is 0 Å². The van der Waals surface area contributed by atoms with Crippen LogP contribution in [0.15, 0.2) is 24.3 Å². The van der Waals surface area contributed by atoms with Crippen molar-refractivity contribution in [3.05, 3.63) is 41.2 Å². The van der Waals surface area contributed by atoms with E-state index in [1.165, 1.54) is 5.56 Å². The number of nitrogens with two attached hydrogens (primary N) is 1. The minimum Gasteiger partial charge on any atom is -0.342 e. The van der Waals surface area contributed by atoms with Gasteiger partial charge in [0.15, 0.2) is 0 Å². The summed E-state index contributed by atoms with van der Waals surface area (Å²) in [6.07, 6.45) is 0.828. The van der Waals surface area contributed by atoms with Crippen molar-refractivity contribution in [2.24, 2.45) is 5.73 Å². The predicted octanol–water partition coefficient (Wildman–Crippen LogP) is 2.19. The Morgan fingerprint density at radius 1 is 1.25 bits per heavy atom. The smallest absolute Gasteiger partial charge is 0.138 e. The van der Waals surface area contributed by atoms with E-state index in [2.05, 4.69) is 29.0 Å². The fourth-order valence-electron chi connectivity index (χ4n) is 1.84. The van der Waals surface area contributed by atoms with Crippen LogP contribution < -0.4 is 5.73 Å². The minimum atomic E-state index is 0.638. The molecule has 0 saturated carbocycles. The molecular formula is C13H17N3. The van der Waals surface area contributed by atoms with Crippen LogP contribution in [0, 0.1) is 13.8 Å². The van der Waals surface area contributed by atoms with Crippen LogP contribution in [0.1, 0.15) is 17.0 Å². The molecule has 0 bridgehead atoms. The van der Waals surface area contributed by atoms with Gasteiger partial charge in [-0.1, -0.05) is 24.3 Å². The molecule has 3 N–H and O–H groups in total. The summed E-state index contributed by atoms with van der Waals surface area (Å²) in [5.41, 5.74) is 10.1. The molecule has 0 saturated heterocycles. The largest absolute Gasteiger partial charge is 0.342 e. The van der Waals surface area contributed by atoms with Gasteiger partial charge in [-0.05, 0) is 26.0 Å². The van der Waals surface area contributed by atoms with E-state index in [0.717, 1.165) is 29.2 Å². The van der Waals surface area contributed by atoms with E-state index < -0.39 is 0 Å². The van der Waals surface area contributed by atoms with Gasteiger partial charge in [0.2, 0.25) is 0 Å². The van der Waals surface area contributed by atoms with E-state index >= 15 is 0 Å². The number of H-pyrrole nitrogens is 1. The van der Waals surface area contributed by atoms with Crippen molar-refractivity contribution in [3.8, 4) is 11.4 Å². The number of aromatic amines is 1. The molecule has 0 aliphatic heterocycles. The lowest BCUT2D eigenvalue weighted by molar-refractivity contribution is 0.924. The molecule has 0 fully saturated rings. The zero-order valence-corrected chi connectivity index (χ0v) is 9.75. The standard InChI is InChI=1S/C13H17N3/c1-9-5-3-4-6-11(9)13-15-10(2)12(16-13)7-8-14/h3-6H,7-8,14H2,1-2H3,(H,15,16). The summed E-state index contributed by atoms with van der Waals surface area (Å²) in [6.45, 7) is 4.77. The van der Waals surface area contributed by atoms with Crippen LogP contribution in [0.2, 0.25) is 0 Å². The first kappa shape index (κ1) is 10.9. The van der Waals surface area contributed by atoms with Crippen molar-refractivity contribution in [1.82, 2.24) is 9.97 Å². The fraction of sp³-hybridized carbons (Fsp3) is 0.308. The zero-order valence-electron chi connectivity index (χ0n) is 9.75. The lowest BCUT2D eigenvalue weighted by Crippen LogP contribution is -2.03. The Morgan fingerprint density at radius 2 is 2.00 bits per heavy atom. The maximum Gasteiger partial charge on any atom is 0.138 e. The van der Waals surface area contributed by atoms with E-state index in [1.807, 2.05) is 19.1 Å². The molecule has 84 valence electrons. The summed E-state index contributed by atoms with van der Waals surface area (Å²) >= 11 is 0. The van der Waals surface area contributed by atoms with Gasteiger partial charge >= 0.3 is 0 Å². The summed E-state index contributed by atoms with van der Waals surface area (Å²) < 4.78 is 0. The molecule has 0 amide bonds. The molecule has 0 aliphatic carbocycles. The average Bonchev–Trinajstić information content (AvgIpc) is 2.61. The Labute approximate surface area is 95.7 Å². The third kappa shape index (κ3) is 1.99. The zero-order chi connectivity index (χ0) is 11.5. The van der Waals surface area contributed by atoms with Crippen LogP contribution >= 0.6 is 0 Å². The molecule has 3 heteroatoms. The number of nitrogens with zero attached hydrogens (tertiary/aromatic N) is 1. The Kier molecular flexibility index (Phi) is 3.06. The summed E-state index contributed by atoms with van der Waals surface area (Å²) in [5, 5.41) is 0. The van der Waals surface area contributed by atoms with Gasteiger partial charge < -0.3 is 10.7 Å². The molecular weight excluding hydrogens is 198 g/mol. The Balaban J connectivity index is 2.42. The van der Waals surface area contributed by atoms with Crippen LogP contribution in [0.3, 0.4) is 0 Å². The van der Waals surface area contributed by atoms with Crippen LogP contribution in [0.4, 0.5) is 0 Å². The van der Waals surface area contributed by atoms with E-state index in [0.29, 0.717) is 6.54 Å². The number of benzene rings is 1. The van der Waals surface area contributed by atoms with Gasteiger partial charge in [-0.3, -0.25) is 0 Å². The lowest BCUT2D eigenvalue weighted by atomic mass is 10.1. The van der Waals surface area contributed by atoms with Crippen LogP contribution in [-0.2, 0) is 6.42 Å². The molecule has 2 rings (SSSR count). The number of imidazole rings is 1. The number of hydrogen-bond acceptors (Lipinski definition) is 2. The van der Waals surface area contributed by atoms with E-state index in [9.17, 15) is 0 Å². The van der Waals surface area contributed by atoms with Gasteiger partial charge in [0.05, 0.1) is 5.69 Å². The molecule has 0 spiro atoms. The van der Waals surface area contributed by atoms with E-state index in [4.69, 9.17) is 5.73 Å². The van der Waals surface area contributed by atoms with Crippen LogP contribution in [-0.4, -0.2) is 16.5 Å². The topological polar surface area (TPSA) is 54.7 Å². The highest BCUT2D eigenvalue weighted by molar-refractivity contribution is 5.60. The molecule has 0 unspecified atom stereocenters. The summed E-state index contributed by atoms with van der Waals surface area (Å²) in [5.74, 6) is 0.944. The molecule has 1 heterocycles. The molecule has 0 radical (unpaired) electrons. The Bertz CT molecular complexity index is 486. The van der Waals surface area contributed by atoms with Crippen molar-refractivity contribution in [1.29, 1.82) is 0 Å². The second-order valence-electron chi connectivity index (χ2n) is 4.01. The number of rotatable bonds is 3. The van der Waals surface area contributed by atoms with Gasteiger partial charge in [-0.25, -0.2) is 4.98 Å². The second kappa shape index (κ2) is 4.49. The monoisotopic (exact) mass is 215 g/mol. The highest BCUT2D eigenvalue weighted by Gasteiger charge is 2.08. The second-order valence-corrected chi connectivity index (χ2v) is 4.01. The van der Waals surface area contributed by atoms with Gasteiger partial charge in [0, 0.05) is 17.7 Å². The number of aromatic nitrogens is 2. The summed E-state index contributed by atoms with van der Waals surface area (Å²) in [4.78, 5) is 7.91. The first-order chi connectivity index (χ1) is 7.72. The highest BCUT2D eigenvalue weighted by Crippen LogP contribution is 2.21. The van der Waals surface area contributed by atoms with Gasteiger partial charge in [-0.2, -0.15) is 0 Å². The summed E-state index contributed by atoms with van der Waals surface area (Å²) in [7, 11) is 0. The quantitative estimate of drug-likeness (QED) is 0.824. The molecule has 3 nitrogen and oxygen atoms in total. The van der Waals surface area contributed by atoms with E-state index in [-0.39, 0.29) is 0 Å². The van der Waals surface area contributed by atoms with Crippen LogP contribution in [0.25, 0.3) is 11.4 Å². The number of nitrogens with one attached hydrogen (secondary N) is 1. The fourth-order valence-corrected chi connectivity index (χ4v) is 1.84. The maximum atomic E-state index is 5.55. The van der Waals surface area contributed by atoms with Gasteiger partial charge in [0.25, 0.3) is 0 Å². The first-order valence-corrected chi connectivity index (χ1v) is 5.54. The number of hydrogen-bond donors (Lipinski definition) is 2. The third-order valence-electron chi connectivity index (χ3n) is 2.77. The van der Waals surface area contributed by atoms with Gasteiger partial charge in [0.1, 0.15) is 5.82 Å². The molecule has 0 atom stereocenters. The molecule has 0 aliphatic rings. The SMILES string of the molecule is Cc1ccccc1-c1nc(CCN)c(C)[nH]1. The van der Waals surface area contributed by atoms with Crippen molar-refractivity contribution in [3.63, 3.8) is 0 Å². The summed E-state index contributed by atoms with van der Waals surface area (Å²) in [6, 6.07) is 8.24. The van der Waals surface area contributed by atoms with Crippen molar-refractivity contribution < 1.29 is 0 Å². The normalized spacial score (nSPS) is 10.7. The lowest BCUT2D eigenvalue weighted by Gasteiger charge is -2.00. The number of aryl methyl sites for hydroxylation is 2. The third-order valence-corrected chi connectivity index (χ3v) is 2.77. The average molecular weight is 215 g/mol.